The molecule has 2 aromatic rings. The molecule has 0 aromatic carbocycles. The van der Waals surface area contributed by atoms with Crippen LogP contribution in [0.25, 0.3) is 0 Å². The van der Waals surface area contributed by atoms with E-state index in [2.05, 4.69) is 41.0 Å². The topological polar surface area (TPSA) is 67.4 Å². The van der Waals surface area contributed by atoms with Crippen LogP contribution in [0.1, 0.15) is 37.2 Å². The molecule has 1 aliphatic heterocycles. The summed E-state index contributed by atoms with van der Waals surface area (Å²) in [6.07, 6.45) is 0.283. The summed E-state index contributed by atoms with van der Waals surface area (Å²) in [7, 11) is 0. The third kappa shape index (κ3) is 5.31. The molecule has 0 radical (unpaired) electrons. The first-order valence-corrected chi connectivity index (χ1v) is 10.2. The molecular formula is C17H24N4O2S2. The molecule has 0 spiro atoms. The molecule has 0 bridgehead atoms. The Morgan fingerprint density at radius 3 is 2.60 bits per heavy atom. The molecule has 1 fully saturated rings. The van der Waals surface area contributed by atoms with Gasteiger partial charge in [-0.1, -0.05) is 20.8 Å². The maximum atomic E-state index is 12.2. The number of rotatable bonds is 5. The molecule has 8 heteroatoms. The van der Waals surface area contributed by atoms with Crippen molar-refractivity contribution in [2.45, 2.75) is 39.2 Å². The molecule has 0 atom stereocenters. The van der Waals surface area contributed by atoms with E-state index in [0.29, 0.717) is 5.13 Å². The molecule has 1 amide bonds. The van der Waals surface area contributed by atoms with Crippen molar-refractivity contribution >= 4 is 33.7 Å². The fourth-order valence-electron chi connectivity index (χ4n) is 2.49. The summed E-state index contributed by atoms with van der Waals surface area (Å²) in [5, 5.41) is 8.56. The number of carbonyl (C=O) groups is 1. The lowest BCUT2D eigenvalue weighted by Gasteiger charge is -2.25. The van der Waals surface area contributed by atoms with Crippen molar-refractivity contribution in [3.8, 4) is 0 Å². The van der Waals surface area contributed by atoms with E-state index in [1.165, 1.54) is 11.3 Å². The van der Waals surface area contributed by atoms with E-state index in [-0.39, 0.29) is 17.7 Å². The molecule has 3 heterocycles. The molecule has 0 aliphatic carbocycles. The van der Waals surface area contributed by atoms with Crippen LogP contribution in [0.4, 0.5) is 5.13 Å². The SMILES string of the molecule is CC(C)(C)c1nc(CC(=O)Nc2nc(CN3CCOCC3)cs2)cs1. The molecule has 0 unspecified atom stereocenters. The summed E-state index contributed by atoms with van der Waals surface area (Å²) in [5.74, 6) is -0.0713. The van der Waals surface area contributed by atoms with Gasteiger partial charge in [0.15, 0.2) is 5.13 Å². The summed E-state index contributed by atoms with van der Waals surface area (Å²) in [6, 6.07) is 0. The Bertz CT molecular complexity index is 714. The monoisotopic (exact) mass is 380 g/mol. The molecule has 1 saturated heterocycles. The summed E-state index contributed by atoms with van der Waals surface area (Å²) in [5.41, 5.74) is 1.83. The molecule has 3 rings (SSSR count). The lowest BCUT2D eigenvalue weighted by Crippen LogP contribution is -2.35. The van der Waals surface area contributed by atoms with E-state index in [9.17, 15) is 4.79 Å². The van der Waals surface area contributed by atoms with Crippen LogP contribution in [0, 0.1) is 0 Å². The number of hydrogen-bond acceptors (Lipinski definition) is 7. The zero-order valence-electron chi connectivity index (χ0n) is 14.9. The van der Waals surface area contributed by atoms with Crippen molar-refractivity contribution in [1.82, 2.24) is 14.9 Å². The smallest absolute Gasteiger partial charge is 0.232 e. The van der Waals surface area contributed by atoms with Gasteiger partial charge in [-0.2, -0.15) is 0 Å². The second-order valence-electron chi connectivity index (χ2n) is 7.15. The largest absolute Gasteiger partial charge is 0.379 e. The van der Waals surface area contributed by atoms with Gasteiger partial charge in [-0.15, -0.1) is 22.7 Å². The van der Waals surface area contributed by atoms with E-state index < -0.39 is 0 Å². The Hall–Kier alpha value is -1.35. The number of anilines is 1. The number of nitrogens with zero attached hydrogens (tertiary/aromatic N) is 3. The number of aromatic nitrogens is 2. The molecule has 136 valence electrons. The van der Waals surface area contributed by atoms with Crippen LogP contribution in [-0.2, 0) is 27.9 Å². The Morgan fingerprint density at radius 2 is 1.92 bits per heavy atom. The van der Waals surface area contributed by atoms with Crippen LogP contribution < -0.4 is 5.32 Å². The summed E-state index contributed by atoms with van der Waals surface area (Å²) < 4.78 is 5.35. The minimum atomic E-state index is -0.0713. The predicted molar refractivity (Wildman–Crippen MR) is 101 cm³/mol. The average molecular weight is 381 g/mol. The number of ether oxygens (including phenoxy) is 1. The average Bonchev–Trinajstić information content (AvgIpc) is 3.17. The molecule has 1 aliphatic rings. The van der Waals surface area contributed by atoms with Crippen molar-refractivity contribution in [2.75, 3.05) is 31.6 Å². The maximum absolute atomic E-state index is 12.2. The quantitative estimate of drug-likeness (QED) is 0.864. The highest BCUT2D eigenvalue weighted by atomic mass is 32.1. The van der Waals surface area contributed by atoms with E-state index in [0.717, 1.165) is 49.2 Å². The van der Waals surface area contributed by atoms with Gasteiger partial charge in [-0.3, -0.25) is 9.69 Å². The standard InChI is InChI=1S/C17H24N4O2S2/c1-17(2,3)15-18-12(10-24-15)8-14(22)20-16-19-13(11-25-16)9-21-4-6-23-7-5-21/h10-11H,4-9H2,1-3H3,(H,19,20,22). The predicted octanol–water partition coefficient (Wildman–Crippen LogP) is 2.91. The van der Waals surface area contributed by atoms with E-state index >= 15 is 0 Å². The Morgan fingerprint density at radius 1 is 1.20 bits per heavy atom. The minimum Gasteiger partial charge on any atom is -0.379 e. The van der Waals surface area contributed by atoms with Gasteiger partial charge in [0.1, 0.15) is 0 Å². The van der Waals surface area contributed by atoms with Gasteiger partial charge < -0.3 is 10.1 Å². The second-order valence-corrected chi connectivity index (χ2v) is 8.87. The highest BCUT2D eigenvalue weighted by Crippen LogP contribution is 2.26. The van der Waals surface area contributed by atoms with Crippen LogP contribution in [0.3, 0.4) is 0 Å². The van der Waals surface area contributed by atoms with Crippen molar-refractivity contribution < 1.29 is 9.53 Å². The minimum absolute atomic E-state index is 0.0170. The van der Waals surface area contributed by atoms with Gasteiger partial charge in [0.05, 0.1) is 36.0 Å². The van der Waals surface area contributed by atoms with E-state index in [1.807, 2.05) is 10.8 Å². The molecule has 6 nitrogen and oxygen atoms in total. The summed E-state index contributed by atoms with van der Waals surface area (Å²) in [4.78, 5) is 23.6. The van der Waals surface area contributed by atoms with Crippen LogP contribution in [0.2, 0.25) is 0 Å². The highest BCUT2D eigenvalue weighted by Gasteiger charge is 2.19. The van der Waals surface area contributed by atoms with Gasteiger partial charge >= 0.3 is 0 Å². The first kappa shape index (κ1) is 18.4. The number of thiazole rings is 2. The fraction of sp³-hybridized carbons (Fsp3) is 0.588. The Balaban J connectivity index is 1.52. The van der Waals surface area contributed by atoms with Crippen molar-refractivity contribution in [2.24, 2.45) is 0 Å². The first-order valence-electron chi connectivity index (χ1n) is 8.39. The van der Waals surface area contributed by atoms with Crippen LogP contribution >= 0.6 is 22.7 Å². The fourth-order valence-corrected chi connectivity index (χ4v) is 4.11. The van der Waals surface area contributed by atoms with Gasteiger partial charge in [0.25, 0.3) is 0 Å². The van der Waals surface area contributed by atoms with Gasteiger partial charge in [-0.25, -0.2) is 9.97 Å². The number of nitrogens with one attached hydrogen (secondary N) is 1. The maximum Gasteiger partial charge on any atom is 0.232 e. The van der Waals surface area contributed by atoms with E-state index in [1.54, 1.807) is 11.3 Å². The van der Waals surface area contributed by atoms with Crippen LogP contribution in [0.5, 0.6) is 0 Å². The van der Waals surface area contributed by atoms with Gasteiger partial charge in [-0.05, 0) is 0 Å². The van der Waals surface area contributed by atoms with E-state index in [4.69, 9.17) is 4.74 Å². The number of hydrogen-bond donors (Lipinski definition) is 1. The third-order valence-corrected chi connectivity index (χ3v) is 5.95. The first-order chi connectivity index (χ1) is 11.9. The van der Waals surface area contributed by atoms with Gasteiger partial charge in [0, 0.05) is 35.8 Å². The Kier molecular flexibility index (Phi) is 5.83. The lowest BCUT2D eigenvalue weighted by atomic mass is 9.98. The molecular weight excluding hydrogens is 356 g/mol. The third-order valence-electron chi connectivity index (χ3n) is 3.82. The number of amides is 1. The molecule has 1 N–H and O–H groups in total. The molecule has 2 aromatic heterocycles. The Labute approximate surface area is 156 Å². The number of carbonyl (C=O) groups excluding carboxylic acids is 1. The normalized spacial score (nSPS) is 16.1. The number of morpholine rings is 1. The summed E-state index contributed by atoms with van der Waals surface area (Å²) >= 11 is 3.08. The summed E-state index contributed by atoms with van der Waals surface area (Å²) in [6.45, 7) is 10.6. The van der Waals surface area contributed by atoms with Gasteiger partial charge in [0.2, 0.25) is 5.91 Å². The molecule has 25 heavy (non-hydrogen) atoms. The zero-order valence-corrected chi connectivity index (χ0v) is 16.5. The van der Waals surface area contributed by atoms with Crippen molar-refractivity contribution in [3.63, 3.8) is 0 Å². The van der Waals surface area contributed by atoms with Crippen LogP contribution in [0.15, 0.2) is 10.8 Å². The van der Waals surface area contributed by atoms with Crippen LogP contribution in [-0.4, -0.2) is 47.1 Å². The highest BCUT2D eigenvalue weighted by molar-refractivity contribution is 7.14. The lowest BCUT2D eigenvalue weighted by molar-refractivity contribution is -0.115. The van der Waals surface area contributed by atoms with Crippen molar-refractivity contribution in [1.29, 1.82) is 0 Å². The zero-order chi connectivity index (χ0) is 17.9. The second kappa shape index (κ2) is 7.90. The van der Waals surface area contributed by atoms with Crippen molar-refractivity contribution in [3.05, 3.63) is 27.2 Å². The molecule has 0 saturated carbocycles.